The summed E-state index contributed by atoms with van der Waals surface area (Å²) in [5.41, 5.74) is 1.54. The maximum absolute atomic E-state index is 12.3. The number of nitrogens with zero attached hydrogens (tertiary/aromatic N) is 1. The fraction of sp³-hybridized carbons (Fsp3) is 0.273. The molecule has 2 aromatic carbocycles. The van der Waals surface area contributed by atoms with Crippen LogP contribution in [0.5, 0.6) is 5.75 Å². The normalized spacial score (nSPS) is 15.6. The monoisotopic (exact) mass is 410 g/mol. The van der Waals surface area contributed by atoms with Crippen LogP contribution in [0.4, 0.5) is 11.4 Å². The standard InChI is InChI=1S/C22H22N2O6/c1-14(25)15-5-3-6-17(9-15)23-20(26)13-30-22(28)16-10-21(27)24(12-16)18-7-4-8-19(11-18)29-2/h3-9,11,16H,10,12-13H2,1-2H3,(H,23,26)/t16-/m0/s1. The average Bonchev–Trinajstić information content (AvgIpc) is 3.14. The van der Waals surface area contributed by atoms with Crippen LogP contribution >= 0.6 is 0 Å². The predicted molar refractivity (Wildman–Crippen MR) is 109 cm³/mol. The highest BCUT2D eigenvalue weighted by Gasteiger charge is 2.36. The summed E-state index contributed by atoms with van der Waals surface area (Å²) in [5.74, 6) is -1.51. The van der Waals surface area contributed by atoms with Gasteiger partial charge < -0.3 is 19.7 Å². The third-order valence-corrected chi connectivity index (χ3v) is 4.72. The maximum Gasteiger partial charge on any atom is 0.311 e. The number of carbonyl (C=O) groups excluding carboxylic acids is 4. The van der Waals surface area contributed by atoms with Gasteiger partial charge in [0.1, 0.15) is 5.75 Å². The number of hydrogen-bond donors (Lipinski definition) is 1. The van der Waals surface area contributed by atoms with Gasteiger partial charge in [0.05, 0.1) is 13.0 Å². The zero-order chi connectivity index (χ0) is 21.7. The van der Waals surface area contributed by atoms with Crippen molar-refractivity contribution in [3.05, 3.63) is 54.1 Å². The molecule has 1 saturated heterocycles. The molecule has 8 nitrogen and oxygen atoms in total. The van der Waals surface area contributed by atoms with Crippen LogP contribution in [0, 0.1) is 5.92 Å². The first-order chi connectivity index (χ1) is 14.4. The molecule has 1 fully saturated rings. The highest BCUT2D eigenvalue weighted by Crippen LogP contribution is 2.28. The van der Waals surface area contributed by atoms with Crippen LogP contribution in [0.1, 0.15) is 23.7 Å². The molecule has 1 N–H and O–H groups in total. The van der Waals surface area contributed by atoms with Gasteiger partial charge in [-0.25, -0.2) is 0 Å². The number of anilines is 2. The quantitative estimate of drug-likeness (QED) is 0.556. The van der Waals surface area contributed by atoms with Gasteiger partial charge in [0.15, 0.2) is 12.4 Å². The summed E-state index contributed by atoms with van der Waals surface area (Å²) in [5, 5.41) is 2.58. The molecule has 8 heteroatoms. The molecule has 0 aromatic heterocycles. The average molecular weight is 410 g/mol. The van der Waals surface area contributed by atoms with E-state index in [4.69, 9.17) is 9.47 Å². The Morgan fingerprint density at radius 1 is 1.13 bits per heavy atom. The van der Waals surface area contributed by atoms with Crippen LogP contribution in [-0.4, -0.2) is 43.8 Å². The molecule has 1 aliphatic rings. The number of esters is 1. The van der Waals surface area contributed by atoms with E-state index < -0.39 is 24.4 Å². The van der Waals surface area contributed by atoms with Gasteiger partial charge in [-0.2, -0.15) is 0 Å². The van der Waals surface area contributed by atoms with Crippen LogP contribution < -0.4 is 15.0 Å². The first-order valence-corrected chi connectivity index (χ1v) is 9.39. The molecule has 0 spiro atoms. The van der Waals surface area contributed by atoms with Gasteiger partial charge in [0.2, 0.25) is 5.91 Å². The number of methoxy groups -OCH3 is 1. The van der Waals surface area contributed by atoms with Crippen molar-refractivity contribution in [3.8, 4) is 5.75 Å². The molecule has 0 unspecified atom stereocenters. The van der Waals surface area contributed by atoms with Crippen LogP contribution in [-0.2, 0) is 19.1 Å². The Morgan fingerprint density at radius 2 is 1.90 bits per heavy atom. The first kappa shape index (κ1) is 21.0. The fourth-order valence-electron chi connectivity index (χ4n) is 3.16. The lowest BCUT2D eigenvalue weighted by Crippen LogP contribution is -2.28. The van der Waals surface area contributed by atoms with E-state index in [0.717, 1.165) is 0 Å². The Balaban J connectivity index is 1.53. The topological polar surface area (TPSA) is 102 Å². The van der Waals surface area contributed by atoms with Gasteiger partial charge in [-0.3, -0.25) is 19.2 Å². The van der Waals surface area contributed by atoms with Gasteiger partial charge >= 0.3 is 5.97 Å². The third kappa shape index (κ3) is 5.02. The highest BCUT2D eigenvalue weighted by atomic mass is 16.5. The lowest BCUT2D eigenvalue weighted by molar-refractivity contribution is -0.151. The van der Waals surface area contributed by atoms with Crippen molar-refractivity contribution in [3.63, 3.8) is 0 Å². The Labute approximate surface area is 173 Å². The molecule has 30 heavy (non-hydrogen) atoms. The zero-order valence-corrected chi connectivity index (χ0v) is 16.7. The van der Waals surface area contributed by atoms with E-state index in [1.807, 2.05) is 0 Å². The zero-order valence-electron chi connectivity index (χ0n) is 16.7. The molecule has 1 atom stereocenters. The van der Waals surface area contributed by atoms with Crippen molar-refractivity contribution in [2.75, 3.05) is 30.5 Å². The largest absolute Gasteiger partial charge is 0.497 e. The lowest BCUT2D eigenvalue weighted by atomic mass is 10.1. The first-order valence-electron chi connectivity index (χ1n) is 9.39. The smallest absolute Gasteiger partial charge is 0.311 e. The van der Waals surface area contributed by atoms with Gasteiger partial charge in [-0.15, -0.1) is 0 Å². The molecule has 0 saturated carbocycles. The molecule has 2 aromatic rings. The molecule has 1 heterocycles. The number of Topliss-reactive ketones (excluding diaryl/α,β-unsaturated/α-hetero) is 1. The summed E-state index contributed by atoms with van der Waals surface area (Å²) in [6, 6.07) is 13.5. The Morgan fingerprint density at radius 3 is 2.63 bits per heavy atom. The van der Waals surface area contributed by atoms with Gasteiger partial charge in [0, 0.05) is 36.0 Å². The molecule has 0 bridgehead atoms. The molecule has 3 rings (SSSR count). The van der Waals surface area contributed by atoms with Crippen molar-refractivity contribution in [1.82, 2.24) is 0 Å². The fourth-order valence-corrected chi connectivity index (χ4v) is 3.16. The molecule has 1 aliphatic heterocycles. The minimum absolute atomic E-state index is 0.0122. The minimum atomic E-state index is -0.655. The van der Waals surface area contributed by atoms with E-state index in [2.05, 4.69) is 5.32 Å². The van der Waals surface area contributed by atoms with E-state index in [9.17, 15) is 19.2 Å². The Kier molecular flexibility index (Phi) is 6.46. The van der Waals surface area contributed by atoms with Crippen molar-refractivity contribution >= 4 is 34.9 Å². The number of benzene rings is 2. The van der Waals surface area contributed by atoms with Crippen LogP contribution in [0.15, 0.2) is 48.5 Å². The van der Waals surface area contributed by atoms with Crippen molar-refractivity contribution in [2.45, 2.75) is 13.3 Å². The van der Waals surface area contributed by atoms with E-state index in [1.165, 1.54) is 18.9 Å². The van der Waals surface area contributed by atoms with E-state index in [0.29, 0.717) is 22.7 Å². The summed E-state index contributed by atoms with van der Waals surface area (Å²) in [6.07, 6.45) is 0.0122. The van der Waals surface area contributed by atoms with Crippen molar-refractivity contribution in [1.29, 1.82) is 0 Å². The van der Waals surface area contributed by atoms with E-state index >= 15 is 0 Å². The molecule has 2 amide bonds. The third-order valence-electron chi connectivity index (χ3n) is 4.72. The van der Waals surface area contributed by atoms with Crippen LogP contribution in [0.2, 0.25) is 0 Å². The number of amides is 2. The van der Waals surface area contributed by atoms with Crippen LogP contribution in [0.3, 0.4) is 0 Å². The van der Waals surface area contributed by atoms with Gasteiger partial charge in [-0.1, -0.05) is 18.2 Å². The number of hydrogen-bond acceptors (Lipinski definition) is 6. The Bertz CT molecular complexity index is 987. The summed E-state index contributed by atoms with van der Waals surface area (Å²) in [6.45, 7) is 1.13. The minimum Gasteiger partial charge on any atom is -0.497 e. The number of ether oxygens (including phenoxy) is 2. The number of rotatable bonds is 7. The number of carbonyl (C=O) groups is 4. The molecular weight excluding hydrogens is 388 g/mol. The molecular formula is C22H22N2O6. The number of nitrogens with one attached hydrogen (secondary N) is 1. The Hall–Kier alpha value is -3.68. The van der Waals surface area contributed by atoms with Gasteiger partial charge in [0.25, 0.3) is 5.91 Å². The van der Waals surface area contributed by atoms with Gasteiger partial charge in [-0.05, 0) is 31.2 Å². The second-order valence-corrected chi connectivity index (χ2v) is 6.90. The summed E-state index contributed by atoms with van der Waals surface area (Å²) in [7, 11) is 1.53. The van der Waals surface area contributed by atoms with Crippen molar-refractivity contribution < 1.29 is 28.7 Å². The lowest BCUT2D eigenvalue weighted by Gasteiger charge is -2.17. The summed E-state index contributed by atoms with van der Waals surface area (Å²) in [4.78, 5) is 49.7. The maximum atomic E-state index is 12.3. The highest BCUT2D eigenvalue weighted by molar-refractivity contribution is 6.00. The van der Waals surface area contributed by atoms with Crippen LogP contribution in [0.25, 0.3) is 0 Å². The SMILES string of the molecule is COc1cccc(N2C[C@@H](C(=O)OCC(=O)Nc3cccc(C(C)=O)c3)CC2=O)c1. The predicted octanol–water partition coefficient (Wildman–Crippen LogP) is 2.43. The van der Waals surface area contributed by atoms with Crippen molar-refractivity contribution in [2.24, 2.45) is 5.92 Å². The molecule has 156 valence electrons. The second kappa shape index (κ2) is 9.21. The summed E-state index contributed by atoms with van der Waals surface area (Å²) < 4.78 is 10.3. The second-order valence-electron chi connectivity index (χ2n) is 6.90. The molecule has 0 aliphatic carbocycles. The summed E-state index contributed by atoms with van der Waals surface area (Å²) >= 11 is 0. The number of ketones is 1. The van der Waals surface area contributed by atoms with E-state index in [1.54, 1.807) is 48.5 Å². The van der Waals surface area contributed by atoms with E-state index in [-0.39, 0.29) is 24.7 Å². The molecule has 0 radical (unpaired) electrons.